The number of anilines is 1. The van der Waals surface area contributed by atoms with Crippen LogP contribution in [0.4, 0.5) is 5.69 Å². The molecule has 4 aromatic rings. The molecule has 0 radical (unpaired) electrons. The van der Waals surface area contributed by atoms with E-state index in [0.717, 1.165) is 50.1 Å². The second-order valence-electron chi connectivity index (χ2n) is 11.0. The van der Waals surface area contributed by atoms with Gasteiger partial charge < -0.3 is 14.8 Å². The number of rotatable bonds is 3. The third-order valence-electron chi connectivity index (χ3n) is 8.99. The van der Waals surface area contributed by atoms with Crippen LogP contribution in [0, 0.1) is 5.92 Å². The van der Waals surface area contributed by atoms with E-state index in [1.54, 1.807) is 0 Å². The zero-order valence-corrected chi connectivity index (χ0v) is 21.6. The number of carbonyl (C=O) groups excluding carboxylic acids is 1. The average molecular weight is 490 g/mol. The van der Waals surface area contributed by atoms with Crippen LogP contribution in [0.5, 0.6) is 0 Å². The highest BCUT2D eigenvalue weighted by Crippen LogP contribution is 2.51. The maximum atomic E-state index is 13.8. The summed E-state index contributed by atoms with van der Waals surface area (Å²) in [4.78, 5) is 15.9. The van der Waals surface area contributed by atoms with Crippen molar-refractivity contribution in [3.63, 3.8) is 0 Å². The molecule has 3 heterocycles. The van der Waals surface area contributed by atoms with Crippen molar-refractivity contribution in [1.29, 1.82) is 0 Å². The van der Waals surface area contributed by atoms with E-state index < -0.39 is 0 Å². The highest BCUT2D eigenvalue weighted by Gasteiger charge is 2.39. The molecule has 4 heteroatoms. The van der Waals surface area contributed by atoms with Crippen molar-refractivity contribution in [2.45, 2.75) is 57.5 Å². The highest BCUT2D eigenvalue weighted by atomic mass is 16.2. The molecule has 2 aliphatic heterocycles. The molecule has 3 aliphatic rings. The van der Waals surface area contributed by atoms with E-state index >= 15 is 0 Å². The summed E-state index contributed by atoms with van der Waals surface area (Å²) in [5.41, 5.74) is 7.07. The number of hydrogen-bond acceptors (Lipinski definition) is 2. The Balaban J connectivity index is 1.32. The van der Waals surface area contributed by atoms with Crippen LogP contribution in [0.2, 0.25) is 0 Å². The number of nitrogens with zero attached hydrogens (tertiary/aromatic N) is 2. The van der Waals surface area contributed by atoms with Gasteiger partial charge in [0.25, 0.3) is 5.91 Å². The standard InChI is InChI=1S/C33H35N3O/c1-2-36-29-16-6-5-11-24(29)28-21-22(17-18-30(28)36)31-25-13-9-12-23(25)26-14-10-15-27(32(26)34-31)33(37)35-19-7-3-4-8-20-35/h5-6,9-12,14-18,21,23,25,31,34H,2-4,7-8,13,19-20H2,1H3. The molecule has 1 N–H and O–H groups in total. The minimum atomic E-state index is 0.165. The lowest BCUT2D eigenvalue weighted by Gasteiger charge is -2.39. The normalized spacial score (nSPS) is 23.1. The number of hydrogen-bond donors (Lipinski definition) is 1. The Morgan fingerprint density at radius 1 is 0.919 bits per heavy atom. The van der Waals surface area contributed by atoms with Gasteiger partial charge in [-0.2, -0.15) is 0 Å². The van der Waals surface area contributed by atoms with Gasteiger partial charge in [-0.15, -0.1) is 0 Å². The first kappa shape index (κ1) is 22.7. The van der Waals surface area contributed by atoms with E-state index in [1.807, 2.05) is 6.07 Å². The summed E-state index contributed by atoms with van der Waals surface area (Å²) >= 11 is 0. The van der Waals surface area contributed by atoms with Crippen LogP contribution in [0.15, 0.2) is 72.8 Å². The summed E-state index contributed by atoms with van der Waals surface area (Å²) in [6, 6.07) is 22.3. The molecule has 188 valence electrons. The largest absolute Gasteiger partial charge is 0.377 e. The maximum absolute atomic E-state index is 13.8. The molecule has 1 saturated heterocycles. The van der Waals surface area contributed by atoms with Gasteiger partial charge in [-0.25, -0.2) is 0 Å². The molecule has 1 amide bonds. The Kier molecular flexibility index (Phi) is 5.57. The summed E-state index contributed by atoms with van der Waals surface area (Å²) in [6.07, 6.45) is 10.4. The number of amides is 1. The number of aryl methyl sites for hydroxylation is 1. The van der Waals surface area contributed by atoms with E-state index in [9.17, 15) is 4.79 Å². The van der Waals surface area contributed by atoms with Gasteiger partial charge in [0.1, 0.15) is 0 Å². The molecule has 4 nitrogen and oxygen atoms in total. The van der Waals surface area contributed by atoms with E-state index in [2.05, 4.69) is 88.5 Å². The van der Waals surface area contributed by atoms with Gasteiger partial charge in [0.2, 0.25) is 0 Å². The lowest BCUT2D eigenvalue weighted by Crippen LogP contribution is -2.35. The van der Waals surface area contributed by atoms with Crippen LogP contribution < -0.4 is 5.32 Å². The van der Waals surface area contributed by atoms with Crippen LogP contribution >= 0.6 is 0 Å². The fraction of sp³-hybridized carbons (Fsp3) is 0.364. The summed E-state index contributed by atoms with van der Waals surface area (Å²) < 4.78 is 2.41. The number of allylic oxidation sites excluding steroid dienone is 2. The lowest BCUT2D eigenvalue weighted by atomic mass is 9.76. The van der Waals surface area contributed by atoms with Gasteiger partial charge in [0, 0.05) is 47.4 Å². The predicted octanol–water partition coefficient (Wildman–Crippen LogP) is 7.66. The number of likely N-dealkylation sites (tertiary alicyclic amines) is 1. The van der Waals surface area contributed by atoms with E-state index in [-0.39, 0.29) is 11.9 Å². The van der Waals surface area contributed by atoms with Gasteiger partial charge >= 0.3 is 0 Å². The van der Waals surface area contributed by atoms with Crippen molar-refractivity contribution in [3.8, 4) is 0 Å². The first-order valence-corrected chi connectivity index (χ1v) is 14.1. The number of benzene rings is 3. The molecule has 1 fully saturated rings. The first-order valence-electron chi connectivity index (χ1n) is 14.1. The molecular formula is C33H35N3O. The molecule has 3 atom stereocenters. The molecular weight excluding hydrogens is 454 g/mol. The second kappa shape index (κ2) is 9.09. The van der Waals surface area contributed by atoms with Crippen LogP contribution in [0.25, 0.3) is 21.8 Å². The molecule has 3 unspecified atom stereocenters. The first-order chi connectivity index (χ1) is 18.2. The van der Waals surface area contributed by atoms with Crippen molar-refractivity contribution in [3.05, 3.63) is 89.5 Å². The molecule has 3 aromatic carbocycles. The average Bonchev–Trinajstić information content (AvgIpc) is 3.45. The summed E-state index contributed by atoms with van der Waals surface area (Å²) in [7, 11) is 0. The molecule has 0 bridgehead atoms. The number of nitrogens with one attached hydrogen (secondary N) is 1. The van der Waals surface area contributed by atoms with Gasteiger partial charge in [-0.1, -0.05) is 61.4 Å². The predicted molar refractivity (Wildman–Crippen MR) is 152 cm³/mol. The third kappa shape index (κ3) is 3.60. The fourth-order valence-electron chi connectivity index (χ4n) is 7.18. The van der Waals surface area contributed by atoms with Crippen LogP contribution in [-0.4, -0.2) is 28.5 Å². The van der Waals surface area contributed by atoms with Gasteiger partial charge in [0.15, 0.2) is 0 Å². The topological polar surface area (TPSA) is 37.3 Å². The zero-order chi connectivity index (χ0) is 24.9. The minimum absolute atomic E-state index is 0.165. The van der Waals surface area contributed by atoms with Crippen molar-refractivity contribution in [2.24, 2.45) is 5.92 Å². The summed E-state index contributed by atoms with van der Waals surface area (Å²) in [5, 5.41) is 6.56. The lowest BCUT2D eigenvalue weighted by molar-refractivity contribution is 0.0762. The Morgan fingerprint density at radius 2 is 1.73 bits per heavy atom. The number of fused-ring (bicyclic) bond motifs is 6. The van der Waals surface area contributed by atoms with Crippen LogP contribution in [0.1, 0.15) is 72.5 Å². The zero-order valence-electron chi connectivity index (χ0n) is 21.6. The van der Waals surface area contributed by atoms with E-state index in [4.69, 9.17) is 0 Å². The van der Waals surface area contributed by atoms with Gasteiger partial charge in [-0.05, 0) is 67.5 Å². The molecule has 0 saturated carbocycles. The van der Waals surface area contributed by atoms with Gasteiger partial charge in [-0.3, -0.25) is 4.79 Å². The number of aromatic nitrogens is 1. The SMILES string of the molecule is CCn1c2ccccc2c2cc(C3Nc4c(C(=O)N5CCCCCC5)cccc4C4C=CCC43)ccc21. The molecule has 1 aromatic heterocycles. The third-order valence-corrected chi connectivity index (χ3v) is 8.99. The fourth-order valence-corrected chi connectivity index (χ4v) is 7.18. The monoisotopic (exact) mass is 489 g/mol. The van der Waals surface area contributed by atoms with Gasteiger partial charge in [0.05, 0.1) is 17.3 Å². The number of carbonyl (C=O) groups is 1. The Bertz CT molecular complexity index is 1520. The van der Waals surface area contributed by atoms with Crippen LogP contribution in [-0.2, 0) is 6.54 Å². The molecule has 7 rings (SSSR count). The van der Waals surface area contributed by atoms with Crippen molar-refractivity contribution in [1.82, 2.24) is 9.47 Å². The Hall–Kier alpha value is -3.53. The Morgan fingerprint density at radius 3 is 2.57 bits per heavy atom. The summed E-state index contributed by atoms with van der Waals surface area (Å²) in [6.45, 7) is 4.91. The maximum Gasteiger partial charge on any atom is 0.255 e. The smallest absolute Gasteiger partial charge is 0.255 e. The molecule has 0 spiro atoms. The van der Waals surface area contributed by atoms with Crippen molar-refractivity contribution < 1.29 is 4.79 Å². The highest BCUT2D eigenvalue weighted by molar-refractivity contribution is 6.08. The Labute approximate surface area is 219 Å². The molecule has 1 aliphatic carbocycles. The summed E-state index contributed by atoms with van der Waals surface area (Å²) in [5.74, 6) is 0.978. The second-order valence-corrected chi connectivity index (χ2v) is 11.0. The van der Waals surface area contributed by atoms with Crippen molar-refractivity contribution in [2.75, 3.05) is 18.4 Å². The minimum Gasteiger partial charge on any atom is -0.377 e. The quantitative estimate of drug-likeness (QED) is 0.300. The molecule has 37 heavy (non-hydrogen) atoms. The van der Waals surface area contributed by atoms with Crippen LogP contribution in [0.3, 0.4) is 0 Å². The number of para-hydroxylation sites is 2. The van der Waals surface area contributed by atoms with E-state index in [1.165, 1.54) is 45.8 Å². The van der Waals surface area contributed by atoms with Crippen molar-refractivity contribution >= 4 is 33.4 Å². The van der Waals surface area contributed by atoms with E-state index in [0.29, 0.717) is 11.8 Å².